The summed E-state index contributed by atoms with van der Waals surface area (Å²) in [7, 11) is 0. The standard InChI is InChI=1S/C14H14ClN3O2/c1-8-4-5-11(18(19)20)6-12(8)14-16-7-13(9(2)15)10(3)17-14/h4-7,9H,1-3H3. The number of non-ortho nitro benzene ring substituents is 1. The molecule has 2 rings (SSSR count). The maximum atomic E-state index is 10.9. The minimum absolute atomic E-state index is 0.0293. The minimum atomic E-state index is -0.426. The van der Waals surface area contributed by atoms with Gasteiger partial charge in [-0.1, -0.05) is 6.07 Å². The Labute approximate surface area is 121 Å². The highest BCUT2D eigenvalue weighted by atomic mass is 35.5. The molecule has 1 unspecified atom stereocenters. The van der Waals surface area contributed by atoms with E-state index in [1.54, 1.807) is 12.3 Å². The van der Waals surface area contributed by atoms with Crippen LogP contribution in [0.25, 0.3) is 11.4 Å². The van der Waals surface area contributed by atoms with Crippen molar-refractivity contribution in [2.24, 2.45) is 0 Å². The molecule has 0 radical (unpaired) electrons. The second-order valence-electron chi connectivity index (χ2n) is 4.61. The van der Waals surface area contributed by atoms with Crippen LogP contribution >= 0.6 is 11.6 Å². The molecule has 1 atom stereocenters. The molecule has 1 heterocycles. The lowest BCUT2D eigenvalue weighted by Gasteiger charge is -2.09. The lowest BCUT2D eigenvalue weighted by Crippen LogP contribution is -2.00. The number of hydrogen-bond donors (Lipinski definition) is 0. The smallest absolute Gasteiger partial charge is 0.258 e. The molecular weight excluding hydrogens is 278 g/mol. The number of nitro benzene ring substituents is 1. The number of alkyl halides is 1. The average molecular weight is 292 g/mol. The Hall–Kier alpha value is -2.01. The van der Waals surface area contributed by atoms with Crippen LogP contribution in [0, 0.1) is 24.0 Å². The highest BCUT2D eigenvalue weighted by Gasteiger charge is 2.14. The first kappa shape index (κ1) is 14.4. The Kier molecular flexibility index (Phi) is 3.99. The van der Waals surface area contributed by atoms with Gasteiger partial charge in [0.25, 0.3) is 5.69 Å². The number of aromatic nitrogens is 2. The van der Waals surface area contributed by atoms with Gasteiger partial charge in [0.15, 0.2) is 5.82 Å². The van der Waals surface area contributed by atoms with Gasteiger partial charge in [-0.3, -0.25) is 10.1 Å². The van der Waals surface area contributed by atoms with E-state index in [4.69, 9.17) is 11.6 Å². The summed E-state index contributed by atoms with van der Waals surface area (Å²) in [5.41, 5.74) is 3.22. The first-order chi connectivity index (χ1) is 9.40. The summed E-state index contributed by atoms with van der Waals surface area (Å²) in [5, 5.41) is 10.7. The van der Waals surface area contributed by atoms with E-state index in [-0.39, 0.29) is 11.1 Å². The van der Waals surface area contributed by atoms with Crippen molar-refractivity contribution >= 4 is 17.3 Å². The molecule has 0 fully saturated rings. The van der Waals surface area contributed by atoms with Crippen molar-refractivity contribution in [2.45, 2.75) is 26.1 Å². The number of rotatable bonds is 3. The molecule has 0 aliphatic rings. The van der Waals surface area contributed by atoms with Crippen LogP contribution in [0.4, 0.5) is 5.69 Å². The molecule has 0 spiro atoms. The SMILES string of the molecule is Cc1ccc([N+](=O)[O-])cc1-c1ncc(C(C)Cl)c(C)n1. The van der Waals surface area contributed by atoms with Gasteiger partial charge in [0.05, 0.1) is 10.3 Å². The molecule has 1 aromatic carbocycles. The van der Waals surface area contributed by atoms with Crippen molar-refractivity contribution in [1.29, 1.82) is 0 Å². The zero-order valence-corrected chi connectivity index (χ0v) is 12.2. The van der Waals surface area contributed by atoms with Crippen LogP contribution in [0.2, 0.25) is 0 Å². The summed E-state index contributed by atoms with van der Waals surface area (Å²) in [6.07, 6.45) is 1.67. The molecule has 0 aliphatic carbocycles. The predicted molar refractivity (Wildman–Crippen MR) is 77.9 cm³/mol. The normalized spacial score (nSPS) is 12.2. The molecule has 5 nitrogen and oxygen atoms in total. The van der Waals surface area contributed by atoms with Crippen LogP contribution in [0.5, 0.6) is 0 Å². The molecule has 0 aliphatic heterocycles. The minimum Gasteiger partial charge on any atom is -0.258 e. The van der Waals surface area contributed by atoms with Crippen molar-refractivity contribution in [3.8, 4) is 11.4 Å². The Morgan fingerprint density at radius 1 is 1.35 bits per heavy atom. The van der Waals surface area contributed by atoms with Crippen molar-refractivity contribution in [2.75, 3.05) is 0 Å². The fourth-order valence-corrected chi connectivity index (χ4v) is 2.18. The average Bonchev–Trinajstić information content (AvgIpc) is 2.38. The van der Waals surface area contributed by atoms with Crippen LogP contribution in [0.1, 0.15) is 29.1 Å². The Morgan fingerprint density at radius 3 is 2.60 bits per heavy atom. The number of hydrogen-bond acceptors (Lipinski definition) is 4. The van der Waals surface area contributed by atoms with Gasteiger partial charge >= 0.3 is 0 Å². The monoisotopic (exact) mass is 291 g/mol. The predicted octanol–water partition coefficient (Wildman–Crippen LogP) is 3.97. The Bertz CT molecular complexity index is 671. The fourth-order valence-electron chi connectivity index (χ4n) is 1.96. The number of halogens is 1. The van der Waals surface area contributed by atoms with E-state index in [0.29, 0.717) is 11.4 Å². The lowest BCUT2D eigenvalue weighted by atomic mass is 10.1. The van der Waals surface area contributed by atoms with Gasteiger partial charge in [-0.15, -0.1) is 11.6 Å². The molecular formula is C14H14ClN3O2. The van der Waals surface area contributed by atoms with E-state index >= 15 is 0 Å². The molecule has 20 heavy (non-hydrogen) atoms. The van der Waals surface area contributed by atoms with Gasteiger partial charge in [-0.05, 0) is 26.3 Å². The molecule has 0 saturated carbocycles. The van der Waals surface area contributed by atoms with Crippen molar-refractivity contribution < 1.29 is 4.92 Å². The third kappa shape index (κ3) is 2.77. The molecule has 0 saturated heterocycles. The topological polar surface area (TPSA) is 68.9 Å². The number of benzene rings is 1. The maximum absolute atomic E-state index is 10.9. The summed E-state index contributed by atoms with van der Waals surface area (Å²) < 4.78 is 0. The maximum Gasteiger partial charge on any atom is 0.270 e. The molecule has 0 N–H and O–H groups in total. The first-order valence-electron chi connectivity index (χ1n) is 6.13. The molecule has 6 heteroatoms. The summed E-state index contributed by atoms with van der Waals surface area (Å²) in [5.74, 6) is 0.477. The van der Waals surface area contributed by atoms with E-state index in [9.17, 15) is 10.1 Å². The van der Waals surface area contributed by atoms with E-state index in [1.807, 2.05) is 20.8 Å². The second-order valence-corrected chi connectivity index (χ2v) is 5.26. The summed E-state index contributed by atoms with van der Waals surface area (Å²) in [6.45, 7) is 5.58. The molecule has 0 bridgehead atoms. The van der Waals surface area contributed by atoms with Crippen LogP contribution < -0.4 is 0 Å². The number of nitro groups is 1. The lowest BCUT2D eigenvalue weighted by molar-refractivity contribution is -0.384. The highest BCUT2D eigenvalue weighted by Crippen LogP contribution is 2.27. The largest absolute Gasteiger partial charge is 0.270 e. The van der Waals surface area contributed by atoms with Gasteiger partial charge in [0, 0.05) is 35.2 Å². The van der Waals surface area contributed by atoms with Crippen molar-refractivity contribution in [3.05, 3.63) is 51.3 Å². The molecule has 104 valence electrons. The van der Waals surface area contributed by atoms with Gasteiger partial charge in [0.1, 0.15) is 0 Å². The van der Waals surface area contributed by atoms with Crippen LogP contribution in [0.3, 0.4) is 0 Å². The third-order valence-electron chi connectivity index (χ3n) is 3.12. The van der Waals surface area contributed by atoms with Gasteiger partial charge in [-0.25, -0.2) is 9.97 Å². The Balaban J connectivity index is 2.54. The second kappa shape index (κ2) is 5.54. The summed E-state index contributed by atoms with van der Waals surface area (Å²) >= 11 is 6.04. The van der Waals surface area contributed by atoms with Gasteiger partial charge < -0.3 is 0 Å². The highest BCUT2D eigenvalue weighted by molar-refractivity contribution is 6.20. The number of aryl methyl sites for hydroxylation is 2. The van der Waals surface area contributed by atoms with Gasteiger partial charge in [0.2, 0.25) is 0 Å². The molecule has 0 amide bonds. The van der Waals surface area contributed by atoms with Crippen LogP contribution in [-0.4, -0.2) is 14.9 Å². The Morgan fingerprint density at radius 2 is 2.05 bits per heavy atom. The quantitative estimate of drug-likeness (QED) is 0.487. The van der Waals surface area contributed by atoms with Crippen LogP contribution in [-0.2, 0) is 0 Å². The molecule has 1 aromatic heterocycles. The summed E-state index contributed by atoms with van der Waals surface area (Å²) in [6, 6.07) is 4.67. The molecule has 2 aromatic rings. The van der Waals surface area contributed by atoms with Crippen LogP contribution in [0.15, 0.2) is 24.4 Å². The zero-order valence-electron chi connectivity index (χ0n) is 11.4. The van der Waals surface area contributed by atoms with E-state index < -0.39 is 4.92 Å². The van der Waals surface area contributed by atoms with Crippen molar-refractivity contribution in [3.63, 3.8) is 0 Å². The first-order valence-corrected chi connectivity index (χ1v) is 6.57. The fraction of sp³-hybridized carbons (Fsp3) is 0.286. The third-order valence-corrected chi connectivity index (χ3v) is 3.35. The van der Waals surface area contributed by atoms with Gasteiger partial charge in [-0.2, -0.15) is 0 Å². The van der Waals surface area contributed by atoms with E-state index in [2.05, 4.69) is 9.97 Å². The number of nitrogens with zero attached hydrogens (tertiary/aromatic N) is 3. The zero-order chi connectivity index (χ0) is 14.9. The van der Waals surface area contributed by atoms with Crippen molar-refractivity contribution in [1.82, 2.24) is 9.97 Å². The van der Waals surface area contributed by atoms with E-state index in [0.717, 1.165) is 16.8 Å². The summed E-state index contributed by atoms with van der Waals surface area (Å²) in [4.78, 5) is 19.1. The van der Waals surface area contributed by atoms with E-state index in [1.165, 1.54) is 12.1 Å².